The van der Waals surface area contributed by atoms with E-state index in [0.717, 1.165) is 17.9 Å². The first-order valence-corrected chi connectivity index (χ1v) is 8.82. The molecule has 3 rings (SSSR count). The Bertz CT molecular complexity index is 994. The maximum atomic E-state index is 12.4. The molecule has 1 amide bonds. The first-order valence-electron chi connectivity index (χ1n) is 8.82. The van der Waals surface area contributed by atoms with Gasteiger partial charge in [-0.3, -0.25) is 9.78 Å². The highest BCUT2D eigenvalue weighted by atomic mass is 16.5. The van der Waals surface area contributed by atoms with Crippen LogP contribution in [0.2, 0.25) is 0 Å². The van der Waals surface area contributed by atoms with Crippen LogP contribution in [0.3, 0.4) is 0 Å². The summed E-state index contributed by atoms with van der Waals surface area (Å²) >= 11 is 0. The summed E-state index contributed by atoms with van der Waals surface area (Å²) in [5, 5.41) is 14.9. The van der Waals surface area contributed by atoms with Crippen LogP contribution in [0.1, 0.15) is 21.6 Å². The Kier molecular flexibility index (Phi) is 6.21. The molecule has 0 spiro atoms. The molecule has 0 aliphatic heterocycles. The number of nitriles is 1. The molecule has 2 N–H and O–H groups in total. The van der Waals surface area contributed by atoms with E-state index in [-0.39, 0.29) is 5.91 Å². The molecule has 0 saturated carbocycles. The van der Waals surface area contributed by atoms with Crippen LogP contribution >= 0.6 is 0 Å². The van der Waals surface area contributed by atoms with Crippen LogP contribution in [0.15, 0.2) is 66.9 Å². The first kappa shape index (κ1) is 18.9. The number of carbonyl (C=O) groups excluding carboxylic acids is 1. The van der Waals surface area contributed by atoms with Crippen molar-refractivity contribution in [2.45, 2.75) is 6.42 Å². The molecule has 2 aromatic carbocycles. The SMILES string of the molecule is COc1cccc(CCNc2ccnc(C(=O)Nc3ccc(C#N)cc3)c2)c1. The second-order valence-electron chi connectivity index (χ2n) is 6.10. The number of carbonyl (C=O) groups is 1. The van der Waals surface area contributed by atoms with Gasteiger partial charge in [0.05, 0.1) is 18.7 Å². The molecular weight excluding hydrogens is 352 g/mol. The fourth-order valence-corrected chi connectivity index (χ4v) is 2.67. The van der Waals surface area contributed by atoms with Crippen LogP contribution in [0.5, 0.6) is 5.75 Å². The summed E-state index contributed by atoms with van der Waals surface area (Å²) < 4.78 is 5.23. The quantitative estimate of drug-likeness (QED) is 0.657. The molecular formula is C22H20N4O2. The minimum atomic E-state index is -0.304. The van der Waals surface area contributed by atoms with Gasteiger partial charge in [-0.25, -0.2) is 0 Å². The van der Waals surface area contributed by atoms with Crippen molar-refractivity contribution in [3.63, 3.8) is 0 Å². The van der Waals surface area contributed by atoms with Crippen LogP contribution < -0.4 is 15.4 Å². The summed E-state index contributed by atoms with van der Waals surface area (Å²) in [6.07, 6.45) is 2.42. The van der Waals surface area contributed by atoms with Gasteiger partial charge in [0, 0.05) is 24.1 Å². The first-order chi connectivity index (χ1) is 13.7. The van der Waals surface area contributed by atoms with Crippen LogP contribution in [0.4, 0.5) is 11.4 Å². The largest absolute Gasteiger partial charge is 0.497 e. The van der Waals surface area contributed by atoms with E-state index in [1.807, 2.05) is 36.4 Å². The average molecular weight is 372 g/mol. The molecule has 3 aromatic rings. The van der Waals surface area contributed by atoms with E-state index in [1.165, 1.54) is 5.56 Å². The van der Waals surface area contributed by atoms with Crippen molar-refractivity contribution in [3.05, 3.63) is 83.7 Å². The number of hydrogen-bond donors (Lipinski definition) is 2. The number of nitrogens with zero attached hydrogens (tertiary/aromatic N) is 2. The summed E-state index contributed by atoms with van der Waals surface area (Å²) in [4.78, 5) is 16.5. The maximum absolute atomic E-state index is 12.4. The second-order valence-corrected chi connectivity index (χ2v) is 6.10. The van der Waals surface area contributed by atoms with E-state index < -0.39 is 0 Å². The van der Waals surface area contributed by atoms with Gasteiger partial charge < -0.3 is 15.4 Å². The van der Waals surface area contributed by atoms with Gasteiger partial charge >= 0.3 is 0 Å². The maximum Gasteiger partial charge on any atom is 0.274 e. The number of nitrogens with one attached hydrogen (secondary N) is 2. The number of hydrogen-bond acceptors (Lipinski definition) is 5. The summed E-state index contributed by atoms with van der Waals surface area (Å²) in [6, 6.07) is 20.2. The number of ether oxygens (including phenoxy) is 1. The fraction of sp³-hybridized carbons (Fsp3) is 0.136. The normalized spacial score (nSPS) is 10.0. The zero-order valence-corrected chi connectivity index (χ0v) is 15.5. The lowest BCUT2D eigenvalue weighted by atomic mass is 10.1. The molecule has 0 aliphatic rings. The number of pyridine rings is 1. The molecule has 0 fully saturated rings. The fourth-order valence-electron chi connectivity index (χ4n) is 2.67. The van der Waals surface area contributed by atoms with Gasteiger partial charge in [-0.1, -0.05) is 12.1 Å². The van der Waals surface area contributed by atoms with Gasteiger partial charge in [-0.05, 0) is 60.5 Å². The Morgan fingerprint density at radius 3 is 2.68 bits per heavy atom. The van der Waals surface area contributed by atoms with Gasteiger partial charge in [0.15, 0.2) is 0 Å². The molecule has 1 heterocycles. The van der Waals surface area contributed by atoms with E-state index in [0.29, 0.717) is 23.5 Å². The number of anilines is 2. The number of benzene rings is 2. The van der Waals surface area contributed by atoms with Gasteiger partial charge in [0.2, 0.25) is 0 Å². The van der Waals surface area contributed by atoms with Crippen molar-refractivity contribution in [3.8, 4) is 11.8 Å². The molecule has 6 nitrogen and oxygen atoms in total. The molecule has 28 heavy (non-hydrogen) atoms. The molecule has 0 radical (unpaired) electrons. The number of amides is 1. The van der Waals surface area contributed by atoms with Crippen LogP contribution in [0.25, 0.3) is 0 Å². The van der Waals surface area contributed by atoms with Crippen LogP contribution in [-0.2, 0) is 6.42 Å². The van der Waals surface area contributed by atoms with Gasteiger partial charge in [0.1, 0.15) is 11.4 Å². The Morgan fingerprint density at radius 2 is 1.93 bits per heavy atom. The summed E-state index contributed by atoms with van der Waals surface area (Å²) in [6.45, 7) is 0.716. The smallest absolute Gasteiger partial charge is 0.274 e. The second kappa shape index (κ2) is 9.19. The molecule has 0 aliphatic carbocycles. The van der Waals surface area contributed by atoms with Crippen molar-refractivity contribution < 1.29 is 9.53 Å². The van der Waals surface area contributed by atoms with Crippen molar-refractivity contribution >= 4 is 17.3 Å². The monoisotopic (exact) mass is 372 g/mol. The number of rotatable bonds is 7. The summed E-state index contributed by atoms with van der Waals surface area (Å²) in [5.74, 6) is 0.532. The highest BCUT2D eigenvalue weighted by molar-refractivity contribution is 6.03. The van der Waals surface area contributed by atoms with Crippen molar-refractivity contribution in [1.82, 2.24) is 4.98 Å². The zero-order chi connectivity index (χ0) is 19.8. The standard InChI is InChI=1S/C22H20N4O2/c1-28-20-4-2-3-16(13-20)9-11-24-19-10-12-25-21(14-19)22(27)26-18-7-5-17(15-23)6-8-18/h2-8,10,12-14H,9,11H2,1H3,(H,24,25)(H,26,27). The van der Waals surface area contributed by atoms with Gasteiger partial charge in [0.25, 0.3) is 5.91 Å². The third-order valence-corrected chi connectivity index (χ3v) is 4.14. The Hall–Kier alpha value is -3.85. The predicted molar refractivity (Wildman–Crippen MR) is 109 cm³/mol. The van der Waals surface area contributed by atoms with Crippen molar-refractivity contribution in [2.75, 3.05) is 24.3 Å². The van der Waals surface area contributed by atoms with E-state index in [9.17, 15) is 4.79 Å². The third-order valence-electron chi connectivity index (χ3n) is 4.14. The van der Waals surface area contributed by atoms with Crippen LogP contribution in [0, 0.1) is 11.3 Å². The summed E-state index contributed by atoms with van der Waals surface area (Å²) in [7, 11) is 1.65. The molecule has 0 atom stereocenters. The summed E-state index contributed by atoms with van der Waals surface area (Å²) in [5.41, 5.74) is 3.46. The Balaban J connectivity index is 1.58. The zero-order valence-electron chi connectivity index (χ0n) is 15.5. The van der Waals surface area contributed by atoms with E-state index in [4.69, 9.17) is 10.00 Å². The molecule has 140 valence electrons. The molecule has 0 saturated heterocycles. The average Bonchev–Trinajstić information content (AvgIpc) is 2.74. The van der Waals surface area contributed by atoms with Crippen molar-refractivity contribution in [2.24, 2.45) is 0 Å². The highest BCUT2D eigenvalue weighted by Gasteiger charge is 2.08. The topological polar surface area (TPSA) is 87.0 Å². The number of methoxy groups -OCH3 is 1. The lowest BCUT2D eigenvalue weighted by Crippen LogP contribution is -2.14. The Morgan fingerprint density at radius 1 is 1.11 bits per heavy atom. The van der Waals surface area contributed by atoms with Crippen LogP contribution in [-0.4, -0.2) is 24.5 Å². The highest BCUT2D eigenvalue weighted by Crippen LogP contribution is 2.15. The molecule has 0 unspecified atom stereocenters. The predicted octanol–water partition coefficient (Wildman–Crippen LogP) is 3.87. The third kappa shape index (κ3) is 5.08. The molecule has 6 heteroatoms. The number of aromatic nitrogens is 1. The van der Waals surface area contributed by atoms with E-state index in [1.54, 1.807) is 43.6 Å². The van der Waals surface area contributed by atoms with Gasteiger partial charge in [-0.2, -0.15) is 5.26 Å². The lowest BCUT2D eigenvalue weighted by molar-refractivity contribution is 0.102. The Labute approximate surface area is 163 Å². The lowest BCUT2D eigenvalue weighted by Gasteiger charge is -2.09. The van der Waals surface area contributed by atoms with Gasteiger partial charge in [-0.15, -0.1) is 0 Å². The molecule has 0 bridgehead atoms. The van der Waals surface area contributed by atoms with E-state index >= 15 is 0 Å². The molecule has 1 aromatic heterocycles. The minimum absolute atomic E-state index is 0.304. The minimum Gasteiger partial charge on any atom is -0.497 e. The van der Waals surface area contributed by atoms with Crippen molar-refractivity contribution in [1.29, 1.82) is 5.26 Å². The van der Waals surface area contributed by atoms with E-state index in [2.05, 4.69) is 15.6 Å².